The first-order valence-corrected chi connectivity index (χ1v) is 10.8. The number of rotatable bonds is 5. The highest BCUT2D eigenvalue weighted by Crippen LogP contribution is 2.52. The van der Waals surface area contributed by atoms with Crippen molar-refractivity contribution >= 4 is 18.9 Å². The fraction of sp³-hybridized carbons (Fsp3) is 0.545. The van der Waals surface area contributed by atoms with Crippen LogP contribution in [0.1, 0.15) is 57.6 Å². The molecule has 6 nitrogen and oxygen atoms in total. The molecule has 1 aromatic carbocycles. The van der Waals surface area contributed by atoms with Crippen LogP contribution >= 0.6 is 0 Å². The standard InChI is InChI=1S/C22H27BFNO5/c1-3-5-13-9-15-19(22(28)25(8-4-2)21(15)27)14-11-18(30-23(29)20(13)14)12-6-7-17(26)16(24)10-12/h6-7,10,14-15,18-19,26,29H,3-5,8-9,11H2,1-2H3/t14-,15-,18-,19+/m0/s1. The van der Waals surface area contributed by atoms with Crippen molar-refractivity contribution in [2.24, 2.45) is 17.8 Å². The van der Waals surface area contributed by atoms with Gasteiger partial charge in [-0.05, 0) is 54.8 Å². The van der Waals surface area contributed by atoms with Crippen LogP contribution < -0.4 is 0 Å². The molecule has 0 saturated carbocycles. The lowest BCUT2D eigenvalue weighted by atomic mass is 9.54. The molecule has 1 aromatic rings. The highest BCUT2D eigenvalue weighted by atomic mass is 19.1. The first kappa shape index (κ1) is 21.1. The van der Waals surface area contributed by atoms with Crippen LogP contribution in [0.2, 0.25) is 0 Å². The molecule has 0 spiro atoms. The number of likely N-dealkylation sites (tertiary alicyclic amines) is 1. The summed E-state index contributed by atoms with van der Waals surface area (Å²) in [7, 11) is -1.20. The third-order valence-corrected chi connectivity index (χ3v) is 6.65. The Morgan fingerprint density at radius 1 is 1.20 bits per heavy atom. The Morgan fingerprint density at radius 3 is 2.63 bits per heavy atom. The minimum Gasteiger partial charge on any atom is -0.505 e. The fourth-order valence-electron chi connectivity index (χ4n) is 5.40. The molecular weight excluding hydrogens is 388 g/mol. The number of imide groups is 1. The Morgan fingerprint density at radius 2 is 1.97 bits per heavy atom. The van der Waals surface area contributed by atoms with Crippen LogP contribution in [0, 0.1) is 23.6 Å². The predicted octanol–water partition coefficient (Wildman–Crippen LogP) is 3.14. The van der Waals surface area contributed by atoms with Crippen LogP contribution in [0.4, 0.5) is 4.39 Å². The van der Waals surface area contributed by atoms with Crippen LogP contribution in [0.25, 0.3) is 0 Å². The second-order valence-corrected chi connectivity index (χ2v) is 8.50. The number of carbonyl (C=O) groups is 2. The number of allylic oxidation sites excluding steroid dienone is 2. The number of amides is 2. The SMILES string of the molecule is CCCC1=C2B(O)O[C@H](c3ccc(O)c(F)c3)C[C@H]2[C@H]2C(=O)N(CCC)C(=O)[C@H]2C1. The summed E-state index contributed by atoms with van der Waals surface area (Å²) < 4.78 is 19.7. The zero-order valence-corrected chi connectivity index (χ0v) is 17.3. The van der Waals surface area contributed by atoms with Crippen molar-refractivity contribution in [2.45, 2.75) is 52.1 Å². The van der Waals surface area contributed by atoms with Crippen LogP contribution in [0.3, 0.4) is 0 Å². The van der Waals surface area contributed by atoms with E-state index >= 15 is 0 Å². The summed E-state index contributed by atoms with van der Waals surface area (Å²) >= 11 is 0. The average molecular weight is 415 g/mol. The average Bonchev–Trinajstić information content (AvgIpc) is 2.95. The zero-order chi connectivity index (χ0) is 21.6. The maximum atomic E-state index is 13.9. The summed E-state index contributed by atoms with van der Waals surface area (Å²) in [5.41, 5.74) is 2.23. The van der Waals surface area contributed by atoms with E-state index in [1.54, 1.807) is 6.07 Å². The third kappa shape index (κ3) is 3.36. The number of fused-ring (bicyclic) bond motifs is 3. The van der Waals surface area contributed by atoms with E-state index in [0.29, 0.717) is 31.4 Å². The fourth-order valence-corrected chi connectivity index (χ4v) is 5.40. The van der Waals surface area contributed by atoms with E-state index < -0.39 is 36.6 Å². The second-order valence-electron chi connectivity index (χ2n) is 8.50. The molecule has 30 heavy (non-hydrogen) atoms. The van der Waals surface area contributed by atoms with Crippen LogP contribution in [0.5, 0.6) is 5.75 Å². The highest BCUT2D eigenvalue weighted by Gasteiger charge is 2.57. The molecule has 0 aromatic heterocycles. The van der Waals surface area contributed by atoms with E-state index in [4.69, 9.17) is 4.65 Å². The van der Waals surface area contributed by atoms with Gasteiger partial charge in [0.15, 0.2) is 11.6 Å². The van der Waals surface area contributed by atoms with Crippen molar-refractivity contribution < 1.29 is 28.8 Å². The number of aromatic hydroxyl groups is 1. The molecule has 3 aliphatic rings. The maximum absolute atomic E-state index is 13.9. The number of phenols is 1. The van der Waals surface area contributed by atoms with Crippen molar-refractivity contribution in [1.82, 2.24) is 4.90 Å². The molecule has 160 valence electrons. The van der Waals surface area contributed by atoms with Gasteiger partial charge in [-0.1, -0.05) is 31.9 Å². The summed E-state index contributed by atoms with van der Waals surface area (Å²) in [5, 5.41) is 20.3. The molecule has 8 heteroatoms. The zero-order valence-electron chi connectivity index (χ0n) is 17.3. The van der Waals surface area contributed by atoms with E-state index in [2.05, 4.69) is 0 Å². The molecule has 0 unspecified atom stereocenters. The Bertz CT molecular complexity index is 904. The van der Waals surface area contributed by atoms with Crippen molar-refractivity contribution in [3.63, 3.8) is 0 Å². The number of hydrogen-bond donors (Lipinski definition) is 2. The molecule has 2 heterocycles. The predicted molar refractivity (Wildman–Crippen MR) is 109 cm³/mol. The topological polar surface area (TPSA) is 87.1 Å². The van der Waals surface area contributed by atoms with E-state index in [1.165, 1.54) is 17.0 Å². The van der Waals surface area contributed by atoms with Gasteiger partial charge in [0, 0.05) is 6.54 Å². The van der Waals surface area contributed by atoms with E-state index in [0.717, 1.165) is 23.9 Å². The van der Waals surface area contributed by atoms with Gasteiger partial charge < -0.3 is 14.8 Å². The van der Waals surface area contributed by atoms with E-state index in [1.807, 2.05) is 13.8 Å². The van der Waals surface area contributed by atoms with Crippen LogP contribution in [0.15, 0.2) is 29.2 Å². The monoisotopic (exact) mass is 415 g/mol. The van der Waals surface area contributed by atoms with Gasteiger partial charge in [0.05, 0.1) is 17.9 Å². The maximum Gasteiger partial charge on any atom is 0.487 e. The van der Waals surface area contributed by atoms with Crippen LogP contribution in [-0.2, 0) is 14.2 Å². The summed E-state index contributed by atoms with van der Waals surface area (Å²) in [6.07, 6.45) is 2.53. The number of halogens is 1. The lowest BCUT2D eigenvalue weighted by Crippen LogP contribution is -2.45. The smallest absolute Gasteiger partial charge is 0.487 e. The molecule has 0 bridgehead atoms. The molecule has 2 amide bonds. The van der Waals surface area contributed by atoms with Gasteiger partial charge in [-0.25, -0.2) is 4.39 Å². The number of benzene rings is 1. The van der Waals surface area contributed by atoms with Crippen molar-refractivity contribution in [3.05, 3.63) is 40.6 Å². The third-order valence-electron chi connectivity index (χ3n) is 6.65. The molecule has 2 saturated heterocycles. The Kier molecular flexibility index (Phi) is 5.72. The molecule has 2 N–H and O–H groups in total. The summed E-state index contributed by atoms with van der Waals surface area (Å²) in [6, 6.07) is 4.01. The normalized spacial score (nSPS) is 28.8. The summed E-state index contributed by atoms with van der Waals surface area (Å²) in [6.45, 7) is 4.38. The molecule has 2 fully saturated rings. The van der Waals surface area contributed by atoms with Gasteiger partial charge in [0.1, 0.15) is 0 Å². The van der Waals surface area contributed by atoms with E-state index in [-0.39, 0.29) is 17.7 Å². The molecule has 1 aliphatic carbocycles. The van der Waals surface area contributed by atoms with Crippen molar-refractivity contribution in [1.29, 1.82) is 0 Å². The minimum absolute atomic E-state index is 0.118. The van der Waals surface area contributed by atoms with Gasteiger partial charge >= 0.3 is 7.12 Å². The van der Waals surface area contributed by atoms with Gasteiger partial charge in [0.25, 0.3) is 0 Å². The first-order valence-electron chi connectivity index (χ1n) is 10.8. The molecule has 2 aliphatic heterocycles. The van der Waals surface area contributed by atoms with Crippen LogP contribution in [-0.4, -0.2) is 40.5 Å². The van der Waals surface area contributed by atoms with Gasteiger partial charge in [-0.3, -0.25) is 14.5 Å². The lowest BCUT2D eigenvalue weighted by Gasteiger charge is -2.42. The van der Waals surface area contributed by atoms with Crippen molar-refractivity contribution in [2.75, 3.05) is 6.54 Å². The summed E-state index contributed by atoms with van der Waals surface area (Å²) in [4.78, 5) is 27.5. The first-order chi connectivity index (χ1) is 14.4. The summed E-state index contributed by atoms with van der Waals surface area (Å²) in [5.74, 6) is -2.74. The van der Waals surface area contributed by atoms with Gasteiger partial charge in [-0.2, -0.15) is 0 Å². The van der Waals surface area contributed by atoms with Gasteiger partial charge in [-0.15, -0.1) is 0 Å². The Balaban J connectivity index is 1.73. The lowest BCUT2D eigenvalue weighted by molar-refractivity contribution is -0.140. The second kappa shape index (κ2) is 8.15. The molecule has 0 radical (unpaired) electrons. The number of carbonyl (C=O) groups excluding carboxylic acids is 2. The molecule has 4 rings (SSSR count). The van der Waals surface area contributed by atoms with Crippen molar-refractivity contribution in [3.8, 4) is 5.75 Å². The number of hydrogen-bond acceptors (Lipinski definition) is 5. The van der Waals surface area contributed by atoms with Gasteiger partial charge in [0.2, 0.25) is 11.8 Å². The van der Waals surface area contributed by atoms with E-state index in [9.17, 15) is 24.1 Å². The Hall–Kier alpha value is -2.19. The minimum atomic E-state index is -1.20. The highest BCUT2D eigenvalue weighted by molar-refractivity contribution is 6.53. The molecular formula is C22H27BFNO5. The molecule has 4 atom stereocenters. The largest absolute Gasteiger partial charge is 0.505 e. The number of phenolic OH excluding ortho intramolecular Hbond substituents is 1. The number of nitrogens with zero attached hydrogens (tertiary/aromatic N) is 1. The quantitative estimate of drug-likeness (QED) is 0.570. The Labute approximate surface area is 175 Å².